The summed E-state index contributed by atoms with van der Waals surface area (Å²) >= 11 is 0. The first-order valence-corrected chi connectivity index (χ1v) is 8.00. The average Bonchev–Trinajstić information content (AvgIpc) is 3.14. The highest BCUT2D eigenvalue weighted by atomic mass is 15.1. The number of aromatic amines is 1. The molecule has 0 saturated heterocycles. The summed E-state index contributed by atoms with van der Waals surface area (Å²) in [6, 6.07) is 5.98. The van der Waals surface area contributed by atoms with Crippen molar-refractivity contribution in [3.8, 4) is 11.3 Å². The maximum Gasteiger partial charge on any atom is 0.133 e. The summed E-state index contributed by atoms with van der Waals surface area (Å²) in [4.78, 5) is 13.2. The van der Waals surface area contributed by atoms with Gasteiger partial charge in [0.25, 0.3) is 0 Å². The van der Waals surface area contributed by atoms with Crippen LogP contribution in [0.4, 0.5) is 17.3 Å². The maximum absolute atomic E-state index is 6.17. The third kappa shape index (κ3) is 2.87. The Morgan fingerprint density at radius 2 is 2.12 bits per heavy atom. The third-order valence-electron chi connectivity index (χ3n) is 4.08. The molecular weight excluding hydrogens is 314 g/mol. The molecule has 4 aromatic heterocycles. The van der Waals surface area contributed by atoms with Crippen molar-refractivity contribution in [2.45, 2.75) is 13.3 Å². The smallest absolute Gasteiger partial charge is 0.133 e. The van der Waals surface area contributed by atoms with E-state index in [1.54, 1.807) is 24.8 Å². The highest BCUT2D eigenvalue weighted by Gasteiger charge is 2.10. The lowest BCUT2D eigenvalue weighted by Crippen LogP contribution is -1.99. The van der Waals surface area contributed by atoms with E-state index in [2.05, 4.69) is 37.4 Å². The van der Waals surface area contributed by atoms with Crippen LogP contribution in [-0.2, 0) is 6.42 Å². The second-order valence-corrected chi connectivity index (χ2v) is 5.68. The SMILES string of the molecule is CCc1ccncc1-c1cc2cc(Nc3cn[nH]c3)ncc2c(N)n1. The van der Waals surface area contributed by atoms with Crippen LogP contribution >= 0.6 is 0 Å². The van der Waals surface area contributed by atoms with Crippen LogP contribution in [0.15, 0.2) is 49.2 Å². The van der Waals surface area contributed by atoms with Gasteiger partial charge in [-0.05, 0) is 35.6 Å². The summed E-state index contributed by atoms with van der Waals surface area (Å²) in [5.41, 5.74) is 10.0. The summed E-state index contributed by atoms with van der Waals surface area (Å²) in [6.07, 6.45) is 9.72. The minimum absolute atomic E-state index is 0.459. The van der Waals surface area contributed by atoms with Crippen molar-refractivity contribution in [1.82, 2.24) is 25.1 Å². The minimum Gasteiger partial charge on any atom is -0.383 e. The van der Waals surface area contributed by atoms with Gasteiger partial charge in [0.15, 0.2) is 0 Å². The standard InChI is InChI=1S/C18H17N7/c1-2-11-3-4-20-9-14(11)16-5-12-6-17(24-13-7-22-23-8-13)21-10-15(12)18(19)25-16/h3-10H,2H2,1H3,(H2,19,25)(H,21,24)(H,22,23). The molecule has 4 N–H and O–H groups in total. The molecule has 0 spiro atoms. The predicted molar refractivity (Wildman–Crippen MR) is 98.4 cm³/mol. The number of hydrogen-bond donors (Lipinski definition) is 3. The second kappa shape index (κ2) is 6.20. The van der Waals surface area contributed by atoms with Crippen LogP contribution in [0.25, 0.3) is 22.0 Å². The molecule has 0 saturated carbocycles. The van der Waals surface area contributed by atoms with Crippen LogP contribution in [-0.4, -0.2) is 25.1 Å². The molecule has 7 heteroatoms. The third-order valence-corrected chi connectivity index (χ3v) is 4.08. The number of nitrogens with two attached hydrogens (primary N) is 1. The molecule has 0 unspecified atom stereocenters. The quantitative estimate of drug-likeness (QED) is 0.530. The molecule has 7 nitrogen and oxygen atoms in total. The van der Waals surface area contributed by atoms with Crippen LogP contribution < -0.4 is 11.1 Å². The topological polar surface area (TPSA) is 105 Å². The van der Waals surface area contributed by atoms with E-state index in [1.165, 1.54) is 5.56 Å². The Bertz CT molecular complexity index is 1020. The number of nitrogens with zero attached hydrogens (tertiary/aromatic N) is 4. The van der Waals surface area contributed by atoms with Crippen molar-refractivity contribution < 1.29 is 0 Å². The first-order valence-electron chi connectivity index (χ1n) is 8.00. The van der Waals surface area contributed by atoms with Gasteiger partial charge in [-0.1, -0.05) is 6.92 Å². The number of pyridine rings is 3. The van der Waals surface area contributed by atoms with Crippen molar-refractivity contribution in [3.63, 3.8) is 0 Å². The second-order valence-electron chi connectivity index (χ2n) is 5.68. The van der Waals surface area contributed by atoms with E-state index in [0.717, 1.165) is 34.1 Å². The molecule has 124 valence electrons. The number of anilines is 3. The molecule has 0 amide bonds. The highest BCUT2D eigenvalue weighted by Crippen LogP contribution is 2.29. The molecule has 0 atom stereocenters. The molecule has 0 fully saturated rings. The monoisotopic (exact) mass is 331 g/mol. The molecular formula is C18H17N7. The van der Waals surface area contributed by atoms with Gasteiger partial charge in [-0.2, -0.15) is 5.10 Å². The Labute approximate surface area is 144 Å². The van der Waals surface area contributed by atoms with E-state index in [-0.39, 0.29) is 0 Å². The van der Waals surface area contributed by atoms with E-state index in [1.807, 2.05) is 24.4 Å². The van der Waals surface area contributed by atoms with Gasteiger partial charge in [-0.15, -0.1) is 0 Å². The largest absolute Gasteiger partial charge is 0.383 e. The molecule has 0 aliphatic heterocycles. The van der Waals surface area contributed by atoms with Crippen LogP contribution in [0.1, 0.15) is 12.5 Å². The van der Waals surface area contributed by atoms with Gasteiger partial charge < -0.3 is 11.1 Å². The van der Waals surface area contributed by atoms with E-state index < -0.39 is 0 Å². The number of hydrogen-bond acceptors (Lipinski definition) is 6. The first kappa shape index (κ1) is 15.1. The van der Waals surface area contributed by atoms with Gasteiger partial charge in [0, 0.05) is 35.7 Å². The summed E-state index contributed by atoms with van der Waals surface area (Å²) < 4.78 is 0. The van der Waals surface area contributed by atoms with Gasteiger partial charge in [-0.25, -0.2) is 9.97 Å². The molecule has 0 aliphatic carbocycles. The fourth-order valence-electron chi connectivity index (χ4n) is 2.81. The van der Waals surface area contributed by atoms with E-state index in [0.29, 0.717) is 11.6 Å². The minimum atomic E-state index is 0.459. The van der Waals surface area contributed by atoms with Gasteiger partial charge >= 0.3 is 0 Å². The van der Waals surface area contributed by atoms with Crippen molar-refractivity contribution in [2.24, 2.45) is 0 Å². The van der Waals surface area contributed by atoms with Crippen molar-refractivity contribution in [1.29, 1.82) is 0 Å². The lowest BCUT2D eigenvalue weighted by Gasteiger charge is -2.10. The summed E-state index contributed by atoms with van der Waals surface area (Å²) in [6.45, 7) is 2.11. The molecule has 4 rings (SSSR count). The van der Waals surface area contributed by atoms with Crippen molar-refractivity contribution in [3.05, 3.63) is 54.7 Å². The van der Waals surface area contributed by atoms with Gasteiger partial charge in [0.2, 0.25) is 0 Å². The van der Waals surface area contributed by atoms with Gasteiger partial charge in [0.05, 0.1) is 17.6 Å². The zero-order valence-electron chi connectivity index (χ0n) is 13.7. The predicted octanol–water partition coefficient (Wildman–Crippen LogP) is 3.30. The number of aromatic nitrogens is 5. The van der Waals surface area contributed by atoms with E-state index >= 15 is 0 Å². The number of fused-ring (bicyclic) bond motifs is 1. The van der Waals surface area contributed by atoms with Gasteiger partial charge in [0.1, 0.15) is 11.6 Å². The van der Waals surface area contributed by atoms with E-state index in [9.17, 15) is 0 Å². The number of aryl methyl sites for hydroxylation is 1. The molecule has 4 aromatic rings. The summed E-state index contributed by atoms with van der Waals surface area (Å²) in [5, 5.41) is 11.7. The van der Waals surface area contributed by atoms with Crippen LogP contribution in [0, 0.1) is 0 Å². The Balaban J connectivity index is 1.81. The Hall–Kier alpha value is -3.48. The number of H-pyrrole nitrogens is 1. The number of nitrogens with one attached hydrogen (secondary N) is 2. The molecule has 4 heterocycles. The first-order chi connectivity index (χ1) is 12.2. The normalized spacial score (nSPS) is 10.9. The lowest BCUT2D eigenvalue weighted by atomic mass is 10.0. The Kier molecular flexibility index (Phi) is 3.74. The zero-order chi connectivity index (χ0) is 17.2. The highest BCUT2D eigenvalue weighted by molar-refractivity contribution is 5.94. The van der Waals surface area contributed by atoms with Gasteiger partial charge in [-0.3, -0.25) is 10.1 Å². The summed E-state index contributed by atoms with van der Waals surface area (Å²) in [7, 11) is 0. The van der Waals surface area contributed by atoms with E-state index in [4.69, 9.17) is 5.73 Å². The van der Waals surface area contributed by atoms with Crippen molar-refractivity contribution >= 4 is 28.1 Å². The fraction of sp³-hybridized carbons (Fsp3) is 0.111. The zero-order valence-corrected chi connectivity index (χ0v) is 13.7. The van der Waals surface area contributed by atoms with Crippen molar-refractivity contribution in [2.75, 3.05) is 11.1 Å². The Morgan fingerprint density at radius 1 is 1.20 bits per heavy atom. The molecule has 0 aromatic carbocycles. The molecule has 0 radical (unpaired) electrons. The molecule has 25 heavy (non-hydrogen) atoms. The van der Waals surface area contributed by atoms with Crippen LogP contribution in [0.3, 0.4) is 0 Å². The molecule has 0 bridgehead atoms. The lowest BCUT2D eigenvalue weighted by molar-refractivity contribution is 1.09. The number of nitrogen functional groups attached to an aromatic ring is 1. The molecule has 0 aliphatic rings. The fourth-order valence-corrected chi connectivity index (χ4v) is 2.81. The summed E-state index contributed by atoms with van der Waals surface area (Å²) in [5.74, 6) is 1.17. The Morgan fingerprint density at radius 3 is 2.92 bits per heavy atom. The average molecular weight is 331 g/mol. The van der Waals surface area contributed by atoms with Crippen LogP contribution in [0.5, 0.6) is 0 Å². The maximum atomic E-state index is 6.17. The van der Waals surface area contributed by atoms with Crippen LogP contribution in [0.2, 0.25) is 0 Å². The number of rotatable bonds is 4.